The maximum Gasteiger partial charge on any atom is 0.00157 e. The van der Waals surface area contributed by atoms with E-state index in [9.17, 15) is 0 Å². The third-order valence-electron chi connectivity index (χ3n) is 2.25. The van der Waals surface area contributed by atoms with Gasteiger partial charge in [-0.1, -0.05) is 18.1 Å². The average molecular weight is 94.2 g/mol. The van der Waals surface area contributed by atoms with E-state index in [2.05, 4.69) is 6.92 Å². The predicted octanol–water partition coefficient (Wildman–Crippen LogP) is 2.12. The molecule has 2 aliphatic rings. The van der Waals surface area contributed by atoms with E-state index in [0.29, 0.717) is 0 Å². The Morgan fingerprint density at radius 2 is 2.43 bits per heavy atom. The summed E-state index contributed by atoms with van der Waals surface area (Å²) in [6.07, 6.45) is 4.26. The molecule has 2 rings (SSSR count). The zero-order valence-corrected chi connectivity index (χ0v) is 4.70. The molecule has 2 aliphatic carbocycles. The minimum Gasteiger partial charge on any atom is -0.0635 e. The standard InChI is InChI=1S/C7H10/c1-2-5-6-3-4-7(5)6/h6H,2-4H2,1H3/t6-/m0/s1. The highest BCUT2D eigenvalue weighted by Crippen LogP contribution is 2.56. The molecule has 0 heteroatoms. The number of hydrogen-bond acceptors (Lipinski definition) is 0. The van der Waals surface area contributed by atoms with Gasteiger partial charge in [0.25, 0.3) is 0 Å². The zero-order valence-electron chi connectivity index (χ0n) is 4.70. The molecule has 0 aromatic heterocycles. The molecule has 1 fully saturated rings. The molecule has 1 saturated carbocycles. The van der Waals surface area contributed by atoms with Crippen LogP contribution in [0.2, 0.25) is 0 Å². The van der Waals surface area contributed by atoms with Gasteiger partial charge in [0.05, 0.1) is 0 Å². The molecule has 0 heterocycles. The minimum atomic E-state index is 1.05. The minimum absolute atomic E-state index is 1.05. The van der Waals surface area contributed by atoms with Crippen molar-refractivity contribution in [1.29, 1.82) is 0 Å². The molecule has 0 spiro atoms. The Kier molecular flexibility index (Phi) is 0.495. The first-order valence-electron chi connectivity index (χ1n) is 3.15. The van der Waals surface area contributed by atoms with Gasteiger partial charge in [0.1, 0.15) is 0 Å². The van der Waals surface area contributed by atoms with E-state index in [0.717, 1.165) is 5.92 Å². The van der Waals surface area contributed by atoms with Crippen LogP contribution in [0, 0.1) is 5.92 Å². The van der Waals surface area contributed by atoms with Crippen molar-refractivity contribution in [3.8, 4) is 0 Å². The third-order valence-corrected chi connectivity index (χ3v) is 2.25. The van der Waals surface area contributed by atoms with Crippen molar-refractivity contribution >= 4 is 0 Å². The van der Waals surface area contributed by atoms with Crippen LogP contribution < -0.4 is 0 Å². The fraction of sp³-hybridized carbons (Fsp3) is 0.714. The Morgan fingerprint density at radius 1 is 1.71 bits per heavy atom. The lowest BCUT2D eigenvalue weighted by Crippen LogP contribution is -1.92. The van der Waals surface area contributed by atoms with Crippen molar-refractivity contribution in [2.45, 2.75) is 26.2 Å². The summed E-state index contributed by atoms with van der Waals surface area (Å²) >= 11 is 0. The molecule has 0 aliphatic heterocycles. The van der Waals surface area contributed by atoms with Crippen molar-refractivity contribution in [3.05, 3.63) is 11.1 Å². The monoisotopic (exact) mass is 94.1 g/mol. The van der Waals surface area contributed by atoms with Gasteiger partial charge in [-0.2, -0.15) is 0 Å². The average Bonchev–Trinajstić information content (AvgIpc) is 2.07. The summed E-state index contributed by atoms with van der Waals surface area (Å²) in [6.45, 7) is 2.26. The smallest absolute Gasteiger partial charge is 0.00157 e. The second kappa shape index (κ2) is 0.936. The van der Waals surface area contributed by atoms with Gasteiger partial charge < -0.3 is 0 Å². The maximum absolute atomic E-state index is 2.26. The highest BCUT2D eigenvalue weighted by atomic mass is 14.5. The SMILES string of the molecule is CCC1=C2CC[C@@H]12. The van der Waals surface area contributed by atoms with Crippen molar-refractivity contribution in [2.75, 3.05) is 0 Å². The Labute approximate surface area is 44.2 Å². The zero-order chi connectivity index (χ0) is 4.85. The van der Waals surface area contributed by atoms with Gasteiger partial charge in [0.2, 0.25) is 0 Å². The predicted molar refractivity (Wildman–Crippen MR) is 30.0 cm³/mol. The van der Waals surface area contributed by atoms with E-state index in [1.807, 2.05) is 5.57 Å². The first-order chi connectivity index (χ1) is 3.43. The highest BCUT2D eigenvalue weighted by Gasteiger charge is 2.41. The van der Waals surface area contributed by atoms with Crippen molar-refractivity contribution < 1.29 is 0 Å². The van der Waals surface area contributed by atoms with Crippen LogP contribution in [0.1, 0.15) is 26.2 Å². The molecular formula is C7H10. The van der Waals surface area contributed by atoms with Crippen LogP contribution in [0.15, 0.2) is 11.1 Å². The molecule has 0 saturated heterocycles. The molecule has 0 aromatic carbocycles. The molecule has 0 radical (unpaired) electrons. The summed E-state index contributed by atoms with van der Waals surface area (Å²) in [4.78, 5) is 0. The van der Waals surface area contributed by atoms with Gasteiger partial charge in [-0.25, -0.2) is 0 Å². The van der Waals surface area contributed by atoms with Crippen molar-refractivity contribution in [2.24, 2.45) is 5.92 Å². The van der Waals surface area contributed by atoms with E-state index in [1.165, 1.54) is 19.3 Å². The quantitative estimate of drug-likeness (QED) is 0.436. The van der Waals surface area contributed by atoms with Crippen LogP contribution in [0.3, 0.4) is 0 Å². The number of allylic oxidation sites excluding steroid dienone is 2. The first kappa shape index (κ1) is 3.71. The van der Waals surface area contributed by atoms with Gasteiger partial charge in [-0.05, 0) is 19.3 Å². The largest absolute Gasteiger partial charge is 0.0635 e. The third kappa shape index (κ3) is 0.287. The van der Waals surface area contributed by atoms with E-state index in [1.54, 1.807) is 5.57 Å². The summed E-state index contributed by atoms with van der Waals surface area (Å²) in [5.74, 6) is 1.05. The number of hydrogen-bond donors (Lipinski definition) is 0. The molecular weight excluding hydrogens is 84.1 g/mol. The Balaban J connectivity index is 2.12. The second-order valence-corrected chi connectivity index (χ2v) is 2.50. The van der Waals surface area contributed by atoms with Crippen LogP contribution in [-0.2, 0) is 0 Å². The molecule has 0 N–H and O–H groups in total. The molecule has 38 valence electrons. The fourth-order valence-corrected chi connectivity index (χ4v) is 1.62. The number of fused-ring (bicyclic) bond motifs is 1. The summed E-state index contributed by atoms with van der Waals surface area (Å²) in [5, 5.41) is 0. The lowest BCUT2D eigenvalue weighted by Gasteiger charge is -2.06. The second-order valence-electron chi connectivity index (χ2n) is 2.50. The van der Waals surface area contributed by atoms with Crippen molar-refractivity contribution in [1.82, 2.24) is 0 Å². The lowest BCUT2D eigenvalue weighted by atomic mass is 9.99. The maximum atomic E-state index is 2.26. The molecule has 1 atom stereocenters. The van der Waals surface area contributed by atoms with Crippen LogP contribution in [0.5, 0.6) is 0 Å². The summed E-state index contributed by atoms with van der Waals surface area (Å²) in [5.41, 5.74) is 3.60. The molecule has 0 bridgehead atoms. The van der Waals surface area contributed by atoms with E-state index in [4.69, 9.17) is 0 Å². The summed E-state index contributed by atoms with van der Waals surface area (Å²) in [7, 11) is 0. The van der Waals surface area contributed by atoms with E-state index >= 15 is 0 Å². The molecule has 0 unspecified atom stereocenters. The summed E-state index contributed by atoms with van der Waals surface area (Å²) in [6, 6.07) is 0. The van der Waals surface area contributed by atoms with Gasteiger partial charge in [0, 0.05) is 5.92 Å². The lowest BCUT2D eigenvalue weighted by molar-refractivity contribution is 0.627. The topological polar surface area (TPSA) is 0 Å². The van der Waals surface area contributed by atoms with E-state index < -0.39 is 0 Å². The van der Waals surface area contributed by atoms with E-state index in [-0.39, 0.29) is 0 Å². The van der Waals surface area contributed by atoms with Gasteiger partial charge in [-0.3, -0.25) is 0 Å². The highest BCUT2D eigenvalue weighted by molar-refractivity contribution is 5.46. The first-order valence-corrected chi connectivity index (χ1v) is 3.15. The van der Waals surface area contributed by atoms with Crippen LogP contribution in [0.25, 0.3) is 0 Å². The Hall–Kier alpha value is -0.260. The molecule has 0 amide bonds. The van der Waals surface area contributed by atoms with Crippen LogP contribution in [-0.4, -0.2) is 0 Å². The molecule has 7 heavy (non-hydrogen) atoms. The Morgan fingerprint density at radius 3 is 2.57 bits per heavy atom. The summed E-state index contributed by atoms with van der Waals surface area (Å²) < 4.78 is 0. The normalized spacial score (nSPS) is 34.7. The van der Waals surface area contributed by atoms with Gasteiger partial charge in [-0.15, -0.1) is 0 Å². The fourth-order valence-electron chi connectivity index (χ4n) is 1.62. The van der Waals surface area contributed by atoms with Gasteiger partial charge in [0.15, 0.2) is 0 Å². The van der Waals surface area contributed by atoms with Crippen LogP contribution in [0.4, 0.5) is 0 Å². The molecule has 0 nitrogen and oxygen atoms in total. The number of rotatable bonds is 1. The van der Waals surface area contributed by atoms with Gasteiger partial charge >= 0.3 is 0 Å². The van der Waals surface area contributed by atoms with Crippen LogP contribution >= 0.6 is 0 Å². The molecule has 0 aromatic rings. The Bertz CT molecular complexity index is 131. The van der Waals surface area contributed by atoms with Crippen molar-refractivity contribution in [3.63, 3.8) is 0 Å².